The van der Waals surface area contributed by atoms with Gasteiger partial charge in [-0.3, -0.25) is 0 Å². The second-order valence-electron chi connectivity index (χ2n) is 3.14. The van der Waals surface area contributed by atoms with Crippen molar-refractivity contribution in [1.29, 1.82) is 0 Å². The van der Waals surface area contributed by atoms with Crippen molar-refractivity contribution in [1.82, 2.24) is 19.6 Å². The molecular weight excluding hydrogens is 291 g/mol. The molecule has 0 aliphatic carbocycles. The van der Waals surface area contributed by atoms with Gasteiger partial charge in [-0.2, -0.15) is 5.10 Å². The summed E-state index contributed by atoms with van der Waals surface area (Å²) < 4.78 is 2.78. The molecule has 0 amide bonds. The van der Waals surface area contributed by atoms with Crippen molar-refractivity contribution in [3.8, 4) is 0 Å². The molecule has 0 bridgehead atoms. The van der Waals surface area contributed by atoms with E-state index in [0.29, 0.717) is 0 Å². The molecule has 2 aromatic rings. The van der Waals surface area contributed by atoms with Gasteiger partial charge in [-0.05, 0) is 29.0 Å². The first kappa shape index (κ1) is 9.82. The third kappa shape index (κ3) is 1.87. The molecule has 14 heavy (non-hydrogen) atoms. The quantitative estimate of drug-likeness (QED) is 0.815. The van der Waals surface area contributed by atoms with Crippen molar-refractivity contribution in [3.05, 3.63) is 21.9 Å². The van der Waals surface area contributed by atoms with E-state index in [9.17, 15) is 0 Å². The Balaban J connectivity index is 2.34. The average molecular weight is 302 g/mol. The first-order chi connectivity index (χ1) is 6.81. The van der Waals surface area contributed by atoms with Crippen LogP contribution in [0.15, 0.2) is 12.5 Å². The molecule has 0 aliphatic rings. The van der Waals surface area contributed by atoms with Crippen LogP contribution in [0.25, 0.3) is 5.65 Å². The molecule has 0 spiro atoms. The van der Waals surface area contributed by atoms with Gasteiger partial charge in [-0.15, -0.1) is 0 Å². The lowest BCUT2D eigenvalue weighted by atomic mass is 10.2. The van der Waals surface area contributed by atoms with Crippen LogP contribution in [0.2, 0.25) is 0 Å². The van der Waals surface area contributed by atoms with Gasteiger partial charge in [0.15, 0.2) is 5.65 Å². The van der Waals surface area contributed by atoms with Crippen LogP contribution in [0.1, 0.15) is 25.6 Å². The summed E-state index contributed by atoms with van der Waals surface area (Å²) in [6.07, 6.45) is 6.80. The maximum absolute atomic E-state index is 4.45. The highest BCUT2D eigenvalue weighted by Gasteiger charge is 2.04. The summed E-state index contributed by atoms with van der Waals surface area (Å²) in [5, 5.41) is 4.12. The molecule has 0 saturated carbocycles. The van der Waals surface area contributed by atoms with Crippen molar-refractivity contribution in [2.24, 2.45) is 0 Å². The topological polar surface area (TPSA) is 43.1 Å². The number of fused-ring (bicyclic) bond motifs is 1. The van der Waals surface area contributed by atoms with Crippen LogP contribution in [0.5, 0.6) is 0 Å². The number of hydrogen-bond acceptors (Lipinski definition) is 3. The maximum atomic E-state index is 4.45. The van der Waals surface area contributed by atoms with E-state index in [1.54, 1.807) is 17.0 Å². The second-order valence-corrected chi connectivity index (χ2v) is 4.30. The van der Waals surface area contributed by atoms with Crippen LogP contribution in [0.3, 0.4) is 0 Å². The van der Waals surface area contributed by atoms with Crippen molar-refractivity contribution in [2.45, 2.75) is 26.2 Å². The molecular formula is C9H11IN4. The molecule has 5 heteroatoms. The zero-order valence-corrected chi connectivity index (χ0v) is 10.1. The monoisotopic (exact) mass is 302 g/mol. The average Bonchev–Trinajstić information content (AvgIpc) is 2.57. The van der Waals surface area contributed by atoms with Crippen molar-refractivity contribution in [3.63, 3.8) is 0 Å². The molecule has 0 fully saturated rings. The number of halogens is 1. The van der Waals surface area contributed by atoms with Crippen LogP contribution < -0.4 is 0 Å². The first-order valence-electron chi connectivity index (χ1n) is 4.66. The fourth-order valence-corrected chi connectivity index (χ4v) is 1.74. The Kier molecular flexibility index (Phi) is 2.95. The Morgan fingerprint density at radius 2 is 2.36 bits per heavy atom. The molecule has 4 nitrogen and oxygen atoms in total. The van der Waals surface area contributed by atoms with E-state index in [2.05, 4.69) is 44.6 Å². The summed E-state index contributed by atoms with van der Waals surface area (Å²) in [6.45, 7) is 2.17. The molecule has 74 valence electrons. The number of aryl methyl sites for hydroxylation is 1. The molecule has 2 aromatic heterocycles. The van der Waals surface area contributed by atoms with E-state index in [-0.39, 0.29) is 0 Å². The van der Waals surface area contributed by atoms with E-state index in [1.165, 1.54) is 6.42 Å². The third-order valence-corrected chi connectivity index (χ3v) is 2.79. The molecule has 0 radical (unpaired) electrons. The van der Waals surface area contributed by atoms with Crippen LogP contribution in [0.4, 0.5) is 0 Å². The molecule has 0 atom stereocenters. The van der Waals surface area contributed by atoms with Gasteiger partial charge in [-0.1, -0.05) is 13.3 Å². The summed E-state index contributed by atoms with van der Waals surface area (Å²) >= 11 is 2.23. The molecule has 0 unspecified atom stereocenters. The lowest BCUT2D eigenvalue weighted by molar-refractivity contribution is 0.738. The van der Waals surface area contributed by atoms with Gasteiger partial charge in [0, 0.05) is 6.42 Å². The van der Waals surface area contributed by atoms with E-state index >= 15 is 0 Å². The van der Waals surface area contributed by atoms with Crippen molar-refractivity contribution in [2.75, 3.05) is 0 Å². The molecule has 0 aliphatic heterocycles. The largest absolute Gasteiger partial charge is 0.221 e. The normalized spacial score (nSPS) is 11.0. The number of unbranched alkanes of at least 4 members (excludes halogenated alkanes) is 1. The highest BCUT2D eigenvalue weighted by molar-refractivity contribution is 14.1. The highest BCUT2D eigenvalue weighted by Crippen LogP contribution is 2.10. The maximum Gasteiger partial charge on any atom is 0.172 e. The third-order valence-electron chi connectivity index (χ3n) is 2.03. The minimum Gasteiger partial charge on any atom is -0.221 e. The van der Waals surface area contributed by atoms with Crippen LogP contribution in [0, 0.1) is 3.57 Å². The summed E-state index contributed by atoms with van der Waals surface area (Å²) in [5.74, 6) is 0.915. The molecule has 2 rings (SSSR count). The second kappa shape index (κ2) is 4.20. The predicted molar refractivity (Wildman–Crippen MR) is 62.1 cm³/mol. The van der Waals surface area contributed by atoms with Crippen LogP contribution in [-0.2, 0) is 6.42 Å². The van der Waals surface area contributed by atoms with E-state index in [1.807, 2.05) is 0 Å². The van der Waals surface area contributed by atoms with Gasteiger partial charge in [0.1, 0.15) is 12.2 Å². The fourth-order valence-electron chi connectivity index (χ4n) is 1.25. The van der Waals surface area contributed by atoms with Gasteiger partial charge in [0.2, 0.25) is 0 Å². The predicted octanol–water partition coefficient (Wildman–Crippen LogP) is 2.07. The molecule has 0 N–H and O–H groups in total. The van der Waals surface area contributed by atoms with Crippen molar-refractivity contribution >= 4 is 28.2 Å². The van der Waals surface area contributed by atoms with E-state index in [0.717, 1.165) is 27.9 Å². The Bertz CT molecular complexity index is 437. The van der Waals surface area contributed by atoms with Crippen LogP contribution >= 0.6 is 22.6 Å². The molecule has 2 heterocycles. The lowest BCUT2D eigenvalue weighted by Crippen LogP contribution is -2.00. The van der Waals surface area contributed by atoms with Gasteiger partial charge >= 0.3 is 0 Å². The van der Waals surface area contributed by atoms with Gasteiger partial charge < -0.3 is 0 Å². The number of hydrogen-bond donors (Lipinski definition) is 0. The highest BCUT2D eigenvalue weighted by atomic mass is 127. The summed E-state index contributed by atoms with van der Waals surface area (Å²) in [5.41, 5.74) is 0.909. The Hall–Kier alpha value is -0.720. The number of aromatic nitrogens is 4. The lowest BCUT2D eigenvalue weighted by Gasteiger charge is -1.98. The van der Waals surface area contributed by atoms with Gasteiger partial charge in [-0.25, -0.2) is 14.5 Å². The first-order valence-corrected chi connectivity index (χ1v) is 5.74. The summed E-state index contributed by atoms with van der Waals surface area (Å²) in [7, 11) is 0. The minimum absolute atomic E-state index is 0.909. The number of nitrogens with zero attached hydrogens (tertiary/aromatic N) is 4. The zero-order valence-electron chi connectivity index (χ0n) is 7.94. The fraction of sp³-hybridized carbons (Fsp3) is 0.444. The van der Waals surface area contributed by atoms with Crippen molar-refractivity contribution < 1.29 is 0 Å². The Morgan fingerprint density at radius 3 is 3.14 bits per heavy atom. The molecule has 0 aromatic carbocycles. The molecule has 0 saturated heterocycles. The SMILES string of the molecule is CCCCc1ncn2ncc(I)c2n1. The summed E-state index contributed by atoms with van der Waals surface area (Å²) in [6, 6.07) is 0. The summed E-state index contributed by atoms with van der Waals surface area (Å²) in [4.78, 5) is 8.70. The smallest absolute Gasteiger partial charge is 0.172 e. The van der Waals surface area contributed by atoms with E-state index < -0.39 is 0 Å². The Labute approximate surface area is 95.9 Å². The van der Waals surface area contributed by atoms with Gasteiger partial charge in [0.05, 0.1) is 9.77 Å². The standard InChI is InChI=1S/C9H11IN4/c1-2-3-4-8-11-6-14-9(13-8)7(10)5-12-14/h5-6H,2-4H2,1H3. The zero-order chi connectivity index (χ0) is 9.97. The van der Waals surface area contributed by atoms with E-state index in [4.69, 9.17) is 0 Å². The Morgan fingerprint density at radius 1 is 1.50 bits per heavy atom. The van der Waals surface area contributed by atoms with Gasteiger partial charge in [0.25, 0.3) is 0 Å². The minimum atomic E-state index is 0.909. The number of rotatable bonds is 3. The van der Waals surface area contributed by atoms with Crippen LogP contribution in [-0.4, -0.2) is 19.6 Å².